The van der Waals surface area contributed by atoms with Crippen LogP contribution in [0.5, 0.6) is 0 Å². The lowest BCUT2D eigenvalue weighted by Gasteiger charge is -2.26. The standard InChI is InChI=1S/C19H20N2O3S/c1-13(14-6-3-2-4-7-14)20-25(23,24)17-10-15-8-5-9-21-18(22)12-16(11-17)19(15)21/h2-4,6-7,10-11,13,20H,5,8-9,12H2,1H3/t13-/m1/s1. The van der Waals surface area contributed by atoms with Gasteiger partial charge in [-0.3, -0.25) is 4.79 Å². The van der Waals surface area contributed by atoms with E-state index in [4.69, 9.17) is 0 Å². The Labute approximate surface area is 147 Å². The first-order chi connectivity index (χ1) is 12.0. The van der Waals surface area contributed by atoms with Gasteiger partial charge < -0.3 is 4.90 Å². The van der Waals surface area contributed by atoms with E-state index in [2.05, 4.69) is 4.72 Å². The maximum atomic E-state index is 12.9. The van der Waals surface area contributed by atoms with Gasteiger partial charge in [0.15, 0.2) is 0 Å². The Morgan fingerprint density at radius 1 is 1.12 bits per heavy atom. The zero-order valence-corrected chi connectivity index (χ0v) is 14.8. The molecule has 2 aromatic carbocycles. The molecule has 0 unspecified atom stereocenters. The van der Waals surface area contributed by atoms with E-state index >= 15 is 0 Å². The van der Waals surface area contributed by atoms with E-state index in [0.717, 1.165) is 41.8 Å². The molecule has 5 nitrogen and oxygen atoms in total. The number of anilines is 1. The monoisotopic (exact) mass is 356 g/mol. The Morgan fingerprint density at radius 2 is 1.84 bits per heavy atom. The first-order valence-corrected chi connectivity index (χ1v) is 9.97. The third-order valence-electron chi connectivity index (χ3n) is 4.92. The highest BCUT2D eigenvalue weighted by molar-refractivity contribution is 7.89. The first-order valence-electron chi connectivity index (χ1n) is 8.49. The van der Waals surface area contributed by atoms with Crippen LogP contribution in [0.1, 0.15) is 36.1 Å². The van der Waals surface area contributed by atoms with Gasteiger partial charge >= 0.3 is 0 Å². The fraction of sp³-hybridized carbons (Fsp3) is 0.316. The van der Waals surface area contributed by atoms with Crippen molar-refractivity contribution in [3.05, 3.63) is 59.2 Å². The van der Waals surface area contributed by atoms with Gasteiger partial charge in [-0.25, -0.2) is 13.1 Å². The summed E-state index contributed by atoms with van der Waals surface area (Å²) >= 11 is 0. The number of hydrogen-bond donors (Lipinski definition) is 1. The number of carbonyl (C=O) groups excluding carboxylic acids is 1. The normalized spacial score (nSPS) is 17.5. The van der Waals surface area contributed by atoms with Crippen LogP contribution in [0.3, 0.4) is 0 Å². The van der Waals surface area contributed by atoms with Crippen molar-refractivity contribution in [1.29, 1.82) is 0 Å². The van der Waals surface area contributed by atoms with Crippen LogP contribution in [0.2, 0.25) is 0 Å². The van der Waals surface area contributed by atoms with Gasteiger partial charge in [-0.1, -0.05) is 30.3 Å². The number of carbonyl (C=O) groups is 1. The van der Waals surface area contributed by atoms with Crippen molar-refractivity contribution in [2.24, 2.45) is 0 Å². The van der Waals surface area contributed by atoms with Gasteiger partial charge in [0.2, 0.25) is 15.9 Å². The number of benzene rings is 2. The van der Waals surface area contributed by atoms with Crippen molar-refractivity contribution in [3.8, 4) is 0 Å². The van der Waals surface area contributed by atoms with Crippen LogP contribution < -0.4 is 9.62 Å². The molecule has 25 heavy (non-hydrogen) atoms. The maximum absolute atomic E-state index is 12.9. The minimum atomic E-state index is -3.65. The van der Waals surface area contributed by atoms with Gasteiger partial charge in [-0.05, 0) is 48.6 Å². The van der Waals surface area contributed by atoms with Gasteiger partial charge in [-0.15, -0.1) is 0 Å². The molecular formula is C19H20N2O3S. The molecule has 1 N–H and O–H groups in total. The number of hydrogen-bond acceptors (Lipinski definition) is 3. The highest BCUT2D eigenvalue weighted by atomic mass is 32.2. The fourth-order valence-corrected chi connectivity index (χ4v) is 5.05. The molecule has 0 bridgehead atoms. The molecule has 0 aliphatic carbocycles. The van der Waals surface area contributed by atoms with E-state index in [1.54, 1.807) is 17.0 Å². The van der Waals surface area contributed by atoms with E-state index in [9.17, 15) is 13.2 Å². The van der Waals surface area contributed by atoms with E-state index in [1.807, 2.05) is 37.3 Å². The fourth-order valence-electron chi connectivity index (χ4n) is 3.71. The highest BCUT2D eigenvalue weighted by Crippen LogP contribution is 2.38. The number of nitrogens with one attached hydrogen (secondary N) is 1. The highest BCUT2D eigenvalue weighted by Gasteiger charge is 2.34. The second-order valence-corrected chi connectivity index (χ2v) is 8.38. The molecule has 4 rings (SSSR count). The predicted octanol–water partition coefficient (Wildman–Crippen LogP) is 2.56. The second-order valence-electron chi connectivity index (χ2n) is 6.67. The molecule has 1 amide bonds. The lowest BCUT2D eigenvalue weighted by atomic mass is 10.0. The molecule has 1 atom stereocenters. The Hall–Kier alpha value is -2.18. The van der Waals surface area contributed by atoms with E-state index in [-0.39, 0.29) is 16.8 Å². The Balaban J connectivity index is 1.68. The van der Waals surface area contributed by atoms with Gasteiger partial charge in [0.1, 0.15) is 0 Å². The number of amides is 1. The van der Waals surface area contributed by atoms with Crippen molar-refractivity contribution in [2.75, 3.05) is 11.4 Å². The summed E-state index contributed by atoms with van der Waals surface area (Å²) in [6.45, 7) is 2.56. The minimum absolute atomic E-state index is 0.0658. The number of aryl methyl sites for hydroxylation is 1. The topological polar surface area (TPSA) is 66.5 Å². The summed E-state index contributed by atoms with van der Waals surface area (Å²) in [5, 5.41) is 0. The number of rotatable bonds is 4. The summed E-state index contributed by atoms with van der Waals surface area (Å²) in [4.78, 5) is 14.2. The van der Waals surface area contributed by atoms with Crippen molar-refractivity contribution in [2.45, 2.75) is 37.1 Å². The lowest BCUT2D eigenvalue weighted by molar-refractivity contribution is -0.117. The molecule has 2 aliphatic rings. The molecule has 2 heterocycles. The Kier molecular flexibility index (Phi) is 3.89. The molecule has 0 spiro atoms. The van der Waals surface area contributed by atoms with Crippen LogP contribution in [0.25, 0.3) is 0 Å². The Morgan fingerprint density at radius 3 is 2.60 bits per heavy atom. The summed E-state index contributed by atoms with van der Waals surface area (Å²) in [5.74, 6) is 0.0658. The molecule has 2 aromatic rings. The SMILES string of the molecule is C[C@@H](NS(=O)(=O)c1cc2c3c(c1)CC(=O)N3CCC2)c1ccccc1. The summed E-state index contributed by atoms with van der Waals surface area (Å²) in [7, 11) is -3.65. The van der Waals surface area contributed by atoms with Crippen LogP contribution >= 0.6 is 0 Å². The van der Waals surface area contributed by atoms with Crippen LogP contribution in [0.4, 0.5) is 5.69 Å². The average Bonchev–Trinajstić information content (AvgIpc) is 2.93. The van der Waals surface area contributed by atoms with Gasteiger partial charge in [0.05, 0.1) is 17.0 Å². The van der Waals surface area contributed by atoms with Crippen molar-refractivity contribution < 1.29 is 13.2 Å². The van der Waals surface area contributed by atoms with Gasteiger partial charge in [-0.2, -0.15) is 0 Å². The smallest absolute Gasteiger partial charge is 0.241 e. The van der Waals surface area contributed by atoms with E-state index in [1.165, 1.54) is 0 Å². The largest absolute Gasteiger partial charge is 0.312 e. The molecule has 0 fully saturated rings. The number of sulfonamides is 1. The average molecular weight is 356 g/mol. The van der Waals surface area contributed by atoms with Crippen LogP contribution in [0.15, 0.2) is 47.4 Å². The van der Waals surface area contributed by atoms with Crippen LogP contribution in [-0.2, 0) is 27.7 Å². The number of nitrogens with zero attached hydrogens (tertiary/aromatic N) is 1. The summed E-state index contributed by atoms with van der Waals surface area (Å²) in [6, 6.07) is 12.5. The van der Waals surface area contributed by atoms with Crippen LogP contribution in [0, 0.1) is 0 Å². The maximum Gasteiger partial charge on any atom is 0.241 e. The summed E-state index contributed by atoms with van der Waals surface area (Å²) < 4.78 is 28.5. The molecule has 0 saturated heterocycles. The van der Waals surface area contributed by atoms with E-state index in [0.29, 0.717) is 6.42 Å². The molecule has 0 saturated carbocycles. The summed E-state index contributed by atoms with van der Waals surface area (Å²) in [5.41, 5.74) is 3.64. The van der Waals surface area contributed by atoms with E-state index < -0.39 is 10.0 Å². The second kappa shape index (κ2) is 5.97. The Bertz CT molecular complexity index is 939. The lowest BCUT2D eigenvalue weighted by Crippen LogP contribution is -2.31. The van der Waals surface area contributed by atoms with Gasteiger partial charge in [0, 0.05) is 12.6 Å². The van der Waals surface area contributed by atoms with Crippen molar-refractivity contribution >= 4 is 21.6 Å². The van der Waals surface area contributed by atoms with Crippen molar-refractivity contribution in [3.63, 3.8) is 0 Å². The zero-order valence-electron chi connectivity index (χ0n) is 14.0. The summed E-state index contributed by atoms with van der Waals surface area (Å²) in [6.07, 6.45) is 1.97. The zero-order chi connectivity index (χ0) is 17.6. The van der Waals surface area contributed by atoms with Gasteiger partial charge in [0.25, 0.3) is 0 Å². The minimum Gasteiger partial charge on any atom is -0.312 e. The molecule has 6 heteroatoms. The third-order valence-corrected chi connectivity index (χ3v) is 6.44. The first kappa shape index (κ1) is 16.3. The molecule has 130 valence electrons. The predicted molar refractivity (Wildman–Crippen MR) is 96.0 cm³/mol. The van der Waals surface area contributed by atoms with Crippen molar-refractivity contribution in [1.82, 2.24) is 4.72 Å². The molecule has 0 radical (unpaired) electrons. The molecule has 0 aromatic heterocycles. The van der Waals surface area contributed by atoms with Crippen LogP contribution in [-0.4, -0.2) is 20.9 Å². The molecule has 2 aliphatic heterocycles. The molecular weight excluding hydrogens is 336 g/mol. The quantitative estimate of drug-likeness (QED) is 0.916. The third kappa shape index (κ3) is 2.85.